The fourth-order valence-corrected chi connectivity index (χ4v) is 4.51. The molecule has 2 aliphatic heterocycles. The molecule has 0 aliphatic carbocycles. The molecule has 2 aliphatic rings. The van der Waals surface area contributed by atoms with Gasteiger partial charge in [-0.2, -0.15) is 0 Å². The second-order valence-corrected chi connectivity index (χ2v) is 8.01. The third kappa shape index (κ3) is 3.70. The van der Waals surface area contributed by atoms with E-state index < -0.39 is 0 Å². The van der Waals surface area contributed by atoms with Crippen molar-refractivity contribution in [3.05, 3.63) is 78.1 Å². The predicted octanol–water partition coefficient (Wildman–Crippen LogP) is 4.63. The van der Waals surface area contributed by atoms with Crippen molar-refractivity contribution < 1.29 is 13.5 Å². The molecule has 0 bridgehead atoms. The number of hydrogen-bond donors (Lipinski definition) is 1. The maximum Gasteiger partial charge on any atom is 0.170 e. The molecule has 5 rings (SSSR count). The van der Waals surface area contributed by atoms with Crippen molar-refractivity contribution in [1.29, 1.82) is 0 Å². The number of nitrogens with zero attached hydrogens (tertiary/aromatic N) is 2. The molecule has 1 N–H and O–H groups in total. The maximum absolute atomic E-state index is 13.3. The van der Waals surface area contributed by atoms with Gasteiger partial charge in [0.2, 0.25) is 0 Å². The fourth-order valence-electron chi connectivity index (χ4n) is 4.20. The van der Waals surface area contributed by atoms with Gasteiger partial charge < -0.3 is 19.4 Å². The summed E-state index contributed by atoms with van der Waals surface area (Å²) in [6.45, 7) is 1.49. The Labute approximate surface area is 179 Å². The summed E-state index contributed by atoms with van der Waals surface area (Å²) in [5, 5.41) is 4.10. The molecule has 5 nitrogen and oxygen atoms in total. The summed E-state index contributed by atoms with van der Waals surface area (Å²) < 4.78 is 25.4. The molecule has 3 aromatic rings. The Bertz CT molecular complexity index is 1020. The molecule has 1 aromatic carbocycles. The van der Waals surface area contributed by atoms with Crippen LogP contribution in [0.15, 0.2) is 65.2 Å². The van der Waals surface area contributed by atoms with Gasteiger partial charge in [0.25, 0.3) is 0 Å². The lowest BCUT2D eigenvalue weighted by atomic mass is 10.0. The first-order valence-corrected chi connectivity index (χ1v) is 10.6. The Balaban J connectivity index is 1.50. The number of pyridine rings is 1. The molecule has 2 aromatic heterocycles. The molecular weight excluding hydrogens is 401 g/mol. The summed E-state index contributed by atoms with van der Waals surface area (Å²) in [7, 11) is 0. The molecule has 0 amide bonds. The van der Waals surface area contributed by atoms with Gasteiger partial charge in [-0.05, 0) is 73.6 Å². The van der Waals surface area contributed by atoms with E-state index in [9.17, 15) is 4.39 Å². The predicted molar refractivity (Wildman–Crippen MR) is 115 cm³/mol. The Hall–Kier alpha value is -2.77. The molecule has 0 saturated carbocycles. The summed E-state index contributed by atoms with van der Waals surface area (Å²) in [5.74, 6) is 1.21. The average Bonchev–Trinajstić information content (AvgIpc) is 3.51. The summed E-state index contributed by atoms with van der Waals surface area (Å²) in [5.41, 5.74) is 1.73. The molecule has 3 atom stereocenters. The van der Waals surface area contributed by atoms with Gasteiger partial charge in [-0.1, -0.05) is 6.07 Å². The monoisotopic (exact) mass is 423 g/mol. The van der Waals surface area contributed by atoms with Crippen LogP contribution in [0.3, 0.4) is 0 Å². The van der Waals surface area contributed by atoms with Gasteiger partial charge >= 0.3 is 0 Å². The van der Waals surface area contributed by atoms with E-state index in [1.165, 1.54) is 12.1 Å². The third-order valence-electron chi connectivity index (χ3n) is 5.67. The van der Waals surface area contributed by atoms with E-state index in [0.717, 1.165) is 36.5 Å². The van der Waals surface area contributed by atoms with E-state index >= 15 is 0 Å². The van der Waals surface area contributed by atoms with Crippen LogP contribution in [-0.4, -0.2) is 34.3 Å². The highest BCUT2D eigenvalue weighted by Crippen LogP contribution is 2.41. The third-order valence-corrected chi connectivity index (χ3v) is 6.02. The van der Waals surface area contributed by atoms with Crippen LogP contribution in [0.4, 0.5) is 4.39 Å². The minimum Gasteiger partial charge on any atom is -0.459 e. The molecule has 0 radical (unpaired) electrons. The molecular formula is C23H22FN3O2S. The zero-order valence-corrected chi connectivity index (χ0v) is 17.1. The summed E-state index contributed by atoms with van der Waals surface area (Å²) in [6.07, 6.45) is 4.04. The van der Waals surface area contributed by atoms with Crippen LogP contribution >= 0.6 is 12.2 Å². The van der Waals surface area contributed by atoms with Crippen molar-refractivity contribution in [1.82, 2.24) is 15.2 Å². The fraction of sp³-hybridized carbons (Fsp3) is 0.304. The van der Waals surface area contributed by atoms with Gasteiger partial charge in [0.1, 0.15) is 23.4 Å². The van der Waals surface area contributed by atoms with Crippen LogP contribution in [0.2, 0.25) is 0 Å². The van der Waals surface area contributed by atoms with Crippen molar-refractivity contribution in [2.24, 2.45) is 0 Å². The van der Waals surface area contributed by atoms with Gasteiger partial charge in [-0.3, -0.25) is 4.98 Å². The Morgan fingerprint density at radius 3 is 2.73 bits per heavy atom. The van der Waals surface area contributed by atoms with Crippen molar-refractivity contribution in [2.75, 3.05) is 13.2 Å². The first-order valence-electron chi connectivity index (χ1n) is 10.1. The van der Waals surface area contributed by atoms with Crippen LogP contribution in [0.5, 0.6) is 0 Å². The topological polar surface area (TPSA) is 50.5 Å². The molecule has 2 saturated heterocycles. The van der Waals surface area contributed by atoms with Crippen LogP contribution in [0, 0.1) is 5.82 Å². The summed E-state index contributed by atoms with van der Waals surface area (Å²) >= 11 is 5.69. The molecule has 2 fully saturated rings. The number of hydrogen-bond acceptors (Lipinski definition) is 4. The molecule has 0 unspecified atom stereocenters. The summed E-state index contributed by atoms with van der Waals surface area (Å²) in [4.78, 5) is 6.70. The molecule has 154 valence electrons. The van der Waals surface area contributed by atoms with E-state index in [4.69, 9.17) is 21.4 Å². The second-order valence-electron chi connectivity index (χ2n) is 7.62. The first kappa shape index (κ1) is 19.2. The Kier molecular flexibility index (Phi) is 5.23. The lowest BCUT2D eigenvalue weighted by Gasteiger charge is -2.28. The number of ether oxygens (including phenoxy) is 1. The van der Waals surface area contributed by atoms with Gasteiger partial charge in [0.15, 0.2) is 5.11 Å². The maximum atomic E-state index is 13.3. The van der Waals surface area contributed by atoms with E-state index in [1.54, 1.807) is 18.3 Å². The second kappa shape index (κ2) is 8.16. The minimum atomic E-state index is -0.270. The van der Waals surface area contributed by atoms with Gasteiger partial charge in [-0.25, -0.2) is 4.39 Å². The highest BCUT2D eigenvalue weighted by atomic mass is 32.1. The standard InChI is InChI=1S/C23H22FN3O2S/c24-16-8-6-15(7-9-16)19-10-11-20(29-19)22-21(18-5-1-2-12-25-18)26-23(30)27(22)14-17-4-3-13-28-17/h1-2,5-12,17,21-22H,3-4,13-14H2,(H,26,30)/t17-,21+,22-/m1/s1. The van der Waals surface area contributed by atoms with Gasteiger partial charge in [-0.15, -0.1) is 0 Å². The number of rotatable bonds is 5. The van der Waals surface area contributed by atoms with Crippen LogP contribution in [0.1, 0.15) is 36.4 Å². The van der Waals surface area contributed by atoms with E-state index in [2.05, 4.69) is 15.2 Å². The number of thiocarbonyl (C=S) groups is 1. The van der Waals surface area contributed by atoms with Crippen molar-refractivity contribution in [3.8, 4) is 11.3 Å². The van der Waals surface area contributed by atoms with Crippen LogP contribution < -0.4 is 5.32 Å². The highest BCUT2D eigenvalue weighted by Gasteiger charge is 2.42. The quantitative estimate of drug-likeness (QED) is 0.604. The van der Waals surface area contributed by atoms with E-state index in [1.807, 2.05) is 30.3 Å². The molecule has 4 heterocycles. The van der Waals surface area contributed by atoms with Crippen molar-refractivity contribution in [2.45, 2.75) is 31.0 Å². The van der Waals surface area contributed by atoms with Crippen LogP contribution in [-0.2, 0) is 4.74 Å². The van der Waals surface area contributed by atoms with E-state index in [-0.39, 0.29) is 24.0 Å². The van der Waals surface area contributed by atoms with Gasteiger partial charge in [0.05, 0.1) is 17.8 Å². The smallest absolute Gasteiger partial charge is 0.170 e. The largest absolute Gasteiger partial charge is 0.459 e. The molecule has 30 heavy (non-hydrogen) atoms. The molecule has 0 spiro atoms. The zero-order valence-electron chi connectivity index (χ0n) is 16.3. The number of nitrogens with one attached hydrogen (secondary N) is 1. The normalized spacial score (nSPS) is 23.7. The lowest BCUT2D eigenvalue weighted by Crippen LogP contribution is -2.36. The van der Waals surface area contributed by atoms with Gasteiger partial charge in [0, 0.05) is 24.9 Å². The first-order chi connectivity index (χ1) is 14.7. The highest BCUT2D eigenvalue weighted by molar-refractivity contribution is 7.80. The van der Waals surface area contributed by atoms with E-state index in [0.29, 0.717) is 17.4 Å². The SMILES string of the molecule is Fc1ccc(-c2ccc([C@@H]3[C@H](c4ccccn4)NC(=S)N3C[C@H]3CCCO3)o2)cc1. The van der Waals surface area contributed by atoms with Crippen LogP contribution in [0.25, 0.3) is 11.3 Å². The molecule has 7 heteroatoms. The summed E-state index contributed by atoms with van der Waals surface area (Å²) in [6, 6.07) is 15.8. The Morgan fingerprint density at radius 1 is 1.13 bits per heavy atom. The number of aromatic nitrogens is 1. The average molecular weight is 424 g/mol. The lowest BCUT2D eigenvalue weighted by molar-refractivity contribution is 0.0818. The number of halogens is 1. The zero-order chi connectivity index (χ0) is 20.5. The number of benzene rings is 1. The Morgan fingerprint density at radius 2 is 2.00 bits per heavy atom. The minimum absolute atomic E-state index is 0.132. The number of furan rings is 1. The van der Waals surface area contributed by atoms with Crippen molar-refractivity contribution in [3.63, 3.8) is 0 Å². The van der Waals surface area contributed by atoms with Crippen molar-refractivity contribution >= 4 is 17.3 Å².